The zero-order chi connectivity index (χ0) is 22.6. The molecule has 9 heteroatoms. The van der Waals surface area contributed by atoms with Crippen LogP contribution in [0.1, 0.15) is 25.7 Å². The lowest BCUT2D eigenvalue weighted by atomic mass is 10.1. The van der Waals surface area contributed by atoms with Crippen molar-refractivity contribution >= 4 is 33.2 Å². The molecule has 170 valence electrons. The molecule has 0 bridgehead atoms. The average Bonchev–Trinajstić information content (AvgIpc) is 3.21. The number of amides is 2. The minimum absolute atomic E-state index is 0.0722. The molecule has 0 atom stereocenters. The first-order valence-electron chi connectivity index (χ1n) is 10.9. The van der Waals surface area contributed by atoms with Crippen LogP contribution in [0.2, 0.25) is 0 Å². The highest BCUT2D eigenvalue weighted by atomic mass is 32.2. The van der Waals surface area contributed by atoms with Crippen molar-refractivity contribution in [2.75, 3.05) is 36.4 Å². The molecule has 2 aromatic carbocycles. The van der Waals surface area contributed by atoms with E-state index in [-0.39, 0.29) is 29.3 Å². The monoisotopic (exact) mass is 456 g/mol. The lowest BCUT2D eigenvalue weighted by molar-refractivity contribution is -0.118. The summed E-state index contributed by atoms with van der Waals surface area (Å²) < 4.78 is 28.4. The van der Waals surface area contributed by atoms with Gasteiger partial charge in [-0.1, -0.05) is 18.2 Å². The molecular formula is C23H28N4O4S. The van der Waals surface area contributed by atoms with Gasteiger partial charge >= 0.3 is 0 Å². The maximum atomic E-state index is 12.8. The van der Waals surface area contributed by atoms with Gasteiger partial charge in [0.05, 0.1) is 11.4 Å². The van der Waals surface area contributed by atoms with Crippen LogP contribution in [0, 0.1) is 0 Å². The number of hydrogen-bond acceptors (Lipinski definition) is 5. The Morgan fingerprint density at radius 2 is 1.66 bits per heavy atom. The van der Waals surface area contributed by atoms with Crippen LogP contribution in [0.3, 0.4) is 0 Å². The van der Waals surface area contributed by atoms with Crippen LogP contribution in [0.4, 0.5) is 11.4 Å². The zero-order valence-electron chi connectivity index (χ0n) is 17.9. The predicted molar refractivity (Wildman–Crippen MR) is 123 cm³/mol. The molecule has 2 aromatic rings. The SMILES string of the molecule is O=C(CN1CCC(NS(=O)(=O)c2ccc(N3CCCC3=O)cc2)CC1)Nc1ccccc1. The number of carbonyl (C=O) groups excluding carboxylic acids is 2. The molecule has 0 unspecified atom stereocenters. The van der Waals surface area contributed by atoms with Crippen molar-refractivity contribution in [1.82, 2.24) is 9.62 Å². The predicted octanol–water partition coefficient (Wildman–Crippen LogP) is 2.19. The van der Waals surface area contributed by atoms with E-state index in [2.05, 4.69) is 10.0 Å². The van der Waals surface area contributed by atoms with Crippen LogP contribution in [-0.4, -0.2) is 57.4 Å². The summed E-state index contributed by atoms with van der Waals surface area (Å²) >= 11 is 0. The Labute approximate surface area is 188 Å². The van der Waals surface area contributed by atoms with Gasteiger partial charge in [0, 0.05) is 43.5 Å². The molecule has 2 heterocycles. The summed E-state index contributed by atoms with van der Waals surface area (Å²) in [5.41, 5.74) is 1.49. The summed E-state index contributed by atoms with van der Waals surface area (Å²) in [6.07, 6.45) is 2.64. The van der Waals surface area contributed by atoms with Gasteiger partial charge in [-0.3, -0.25) is 14.5 Å². The third-order valence-corrected chi connectivity index (χ3v) is 7.40. The van der Waals surface area contributed by atoms with E-state index in [1.165, 1.54) is 0 Å². The minimum Gasteiger partial charge on any atom is -0.325 e. The normalized spacial score (nSPS) is 18.1. The Morgan fingerprint density at radius 1 is 0.969 bits per heavy atom. The lowest BCUT2D eigenvalue weighted by Crippen LogP contribution is -2.46. The molecule has 2 N–H and O–H groups in total. The number of nitrogens with zero attached hydrogens (tertiary/aromatic N) is 2. The van der Waals surface area contributed by atoms with Crippen molar-refractivity contribution in [3.63, 3.8) is 0 Å². The number of nitrogens with one attached hydrogen (secondary N) is 2. The van der Waals surface area contributed by atoms with Gasteiger partial charge in [0.15, 0.2) is 0 Å². The first kappa shape index (κ1) is 22.4. The zero-order valence-corrected chi connectivity index (χ0v) is 18.7. The van der Waals surface area contributed by atoms with Gasteiger partial charge in [-0.25, -0.2) is 13.1 Å². The molecule has 32 heavy (non-hydrogen) atoms. The third kappa shape index (κ3) is 5.53. The summed E-state index contributed by atoms with van der Waals surface area (Å²) in [4.78, 5) is 28.0. The second-order valence-corrected chi connectivity index (χ2v) is 9.94. The summed E-state index contributed by atoms with van der Waals surface area (Å²) in [6.45, 7) is 2.24. The fourth-order valence-electron chi connectivity index (χ4n) is 4.15. The third-order valence-electron chi connectivity index (χ3n) is 5.87. The molecule has 2 aliphatic heterocycles. The van der Waals surface area contributed by atoms with Gasteiger partial charge in [-0.15, -0.1) is 0 Å². The molecule has 0 radical (unpaired) electrons. The van der Waals surface area contributed by atoms with Crippen molar-refractivity contribution in [2.45, 2.75) is 36.6 Å². The van der Waals surface area contributed by atoms with E-state index in [0.29, 0.717) is 38.9 Å². The number of likely N-dealkylation sites (tertiary alicyclic amines) is 1. The van der Waals surface area contributed by atoms with Gasteiger partial charge in [0.25, 0.3) is 0 Å². The fraction of sp³-hybridized carbons (Fsp3) is 0.391. The minimum atomic E-state index is -3.65. The molecule has 8 nitrogen and oxygen atoms in total. The molecule has 2 amide bonds. The molecule has 4 rings (SSSR count). The number of carbonyl (C=O) groups is 2. The molecule has 2 fully saturated rings. The summed E-state index contributed by atoms with van der Waals surface area (Å²) in [5, 5.41) is 2.87. The van der Waals surface area contributed by atoms with Crippen molar-refractivity contribution in [2.24, 2.45) is 0 Å². The van der Waals surface area contributed by atoms with Crippen molar-refractivity contribution < 1.29 is 18.0 Å². The maximum Gasteiger partial charge on any atom is 0.240 e. The highest BCUT2D eigenvalue weighted by Crippen LogP contribution is 2.23. The smallest absolute Gasteiger partial charge is 0.240 e. The van der Waals surface area contributed by atoms with Crippen LogP contribution >= 0.6 is 0 Å². The maximum absolute atomic E-state index is 12.8. The van der Waals surface area contributed by atoms with Crippen LogP contribution in [0.25, 0.3) is 0 Å². The number of hydrogen-bond donors (Lipinski definition) is 2. The first-order chi connectivity index (χ1) is 15.4. The number of anilines is 2. The van der Waals surface area contributed by atoms with E-state index >= 15 is 0 Å². The van der Waals surface area contributed by atoms with Crippen LogP contribution < -0.4 is 14.9 Å². The quantitative estimate of drug-likeness (QED) is 0.666. The van der Waals surface area contributed by atoms with Gasteiger partial charge in [0.2, 0.25) is 21.8 Å². The summed E-state index contributed by atoms with van der Waals surface area (Å²) in [7, 11) is -3.65. The van der Waals surface area contributed by atoms with Gasteiger partial charge in [-0.05, 0) is 55.7 Å². The van der Waals surface area contributed by atoms with Gasteiger partial charge in [-0.2, -0.15) is 0 Å². The standard InChI is InChI=1S/C23H28N4O4S/c28-22(24-18-5-2-1-3-6-18)17-26-15-12-19(13-16-26)25-32(30,31)21-10-8-20(9-11-21)27-14-4-7-23(27)29/h1-3,5-6,8-11,19,25H,4,7,12-17H2,(H,24,28). The number of sulfonamides is 1. The van der Waals surface area contributed by atoms with E-state index in [9.17, 15) is 18.0 Å². The second-order valence-electron chi connectivity index (χ2n) is 8.23. The van der Waals surface area contributed by atoms with Crippen molar-refractivity contribution in [3.8, 4) is 0 Å². The molecular weight excluding hydrogens is 428 g/mol. The Bertz CT molecular complexity index is 1050. The van der Waals surface area contributed by atoms with Gasteiger partial charge < -0.3 is 10.2 Å². The first-order valence-corrected chi connectivity index (χ1v) is 12.4. The van der Waals surface area contributed by atoms with E-state index in [4.69, 9.17) is 0 Å². The van der Waals surface area contributed by atoms with E-state index < -0.39 is 10.0 Å². The lowest BCUT2D eigenvalue weighted by Gasteiger charge is -2.31. The fourth-order valence-corrected chi connectivity index (χ4v) is 5.45. The van der Waals surface area contributed by atoms with Crippen molar-refractivity contribution in [3.05, 3.63) is 54.6 Å². The van der Waals surface area contributed by atoms with E-state index in [1.807, 2.05) is 35.2 Å². The van der Waals surface area contributed by atoms with Gasteiger partial charge in [0.1, 0.15) is 0 Å². The molecule has 0 saturated carbocycles. The second kappa shape index (κ2) is 9.81. The van der Waals surface area contributed by atoms with Crippen LogP contribution in [-0.2, 0) is 19.6 Å². The topological polar surface area (TPSA) is 98.8 Å². The highest BCUT2D eigenvalue weighted by molar-refractivity contribution is 7.89. The largest absolute Gasteiger partial charge is 0.325 e. The van der Waals surface area contributed by atoms with E-state index in [0.717, 1.165) is 17.8 Å². The average molecular weight is 457 g/mol. The number of piperidine rings is 1. The Kier molecular flexibility index (Phi) is 6.88. The van der Waals surface area contributed by atoms with E-state index in [1.54, 1.807) is 29.2 Å². The molecule has 0 aliphatic carbocycles. The Hall–Kier alpha value is -2.75. The highest BCUT2D eigenvalue weighted by Gasteiger charge is 2.26. The van der Waals surface area contributed by atoms with Crippen LogP contribution in [0.5, 0.6) is 0 Å². The Morgan fingerprint density at radius 3 is 2.28 bits per heavy atom. The number of benzene rings is 2. The van der Waals surface area contributed by atoms with Crippen LogP contribution in [0.15, 0.2) is 59.5 Å². The molecule has 0 aromatic heterocycles. The molecule has 2 saturated heterocycles. The summed E-state index contributed by atoms with van der Waals surface area (Å²) in [6, 6.07) is 15.6. The Balaban J connectivity index is 1.27. The number of rotatable bonds is 7. The molecule has 2 aliphatic rings. The summed E-state index contributed by atoms with van der Waals surface area (Å²) in [5.74, 6) is -0.00486. The van der Waals surface area contributed by atoms with Crippen molar-refractivity contribution in [1.29, 1.82) is 0 Å². The number of para-hydroxylation sites is 1. The molecule has 0 spiro atoms.